The Kier molecular flexibility index (Phi) is 4.81. The number of carbonyl (C=O) groups is 1. The Labute approximate surface area is 127 Å². The predicted molar refractivity (Wildman–Crippen MR) is 79.0 cm³/mol. The van der Waals surface area contributed by atoms with E-state index < -0.39 is 0 Å². The number of benzene rings is 2. The van der Waals surface area contributed by atoms with E-state index in [4.69, 9.17) is 26.3 Å². The Hall–Kier alpha value is -2.51. The Morgan fingerprint density at radius 2 is 2.05 bits per heavy atom. The van der Waals surface area contributed by atoms with Crippen LogP contribution in [0.25, 0.3) is 0 Å². The van der Waals surface area contributed by atoms with Crippen molar-refractivity contribution in [2.45, 2.75) is 0 Å². The van der Waals surface area contributed by atoms with Crippen molar-refractivity contribution in [2.24, 2.45) is 0 Å². The van der Waals surface area contributed by atoms with Crippen LogP contribution >= 0.6 is 11.6 Å². The van der Waals surface area contributed by atoms with Crippen molar-refractivity contribution in [2.75, 3.05) is 13.7 Å². The van der Waals surface area contributed by atoms with Gasteiger partial charge in [0.05, 0.1) is 17.7 Å². The number of rotatable bonds is 5. The zero-order valence-electron chi connectivity index (χ0n) is 11.3. The highest BCUT2D eigenvalue weighted by atomic mass is 35.5. The summed E-state index contributed by atoms with van der Waals surface area (Å²) >= 11 is 5.90. The second-order valence-corrected chi connectivity index (χ2v) is 4.60. The first kappa shape index (κ1) is 14.9. The lowest BCUT2D eigenvalue weighted by molar-refractivity contribution is 0.0921. The molecule has 21 heavy (non-hydrogen) atoms. The van der Waals surface area contributed by atoms with Gasteiger partial charge in [-0.1, -0.05) is 23.7 Å². The molecular formula is C16H12ClNO3. The van der Waals surface area contributed by atoms with Gasteiger partial charge in [-0.05, 0) is 24.3 Å². The maximum atomic E-state index is 12.0. The van der Waals surface area contributed by atoms with Gasteiger partial charge in [0.25, 0.3) is 0 Å². The molecule has 2 rings (SSSR count). The van der Waals surface area contributed by atoms with Gasteiger partial charge in [0.1, 0.15) is 17.6 Å². The minimum Gasteiger partial charge on any atom is -0.497 e. The molecule has 0 bridgehead atoms. The number of carbonyl (C=O) groups excluding carboxylic acids is 1. The molecule has 0 aromatic heterocycles. The van der Waals surface area contributed by atoms with Crippen molar-refractivity contribution in [1.82, 2.24) is 0 Å². The first-order valence-electron chi connectivity index (χ1n) is 6.13. The van der Waals surface area contributed by atoms with E-state index in [0.717, 1.165) is 0 Å². The molecule has 0 aliphatic heterocycles. The largest absolute Gasteiger partial charge is 0.497 e. The molecule has 0 aliphatic carbocycles. The van der Waals surface area contributed by atoms with Crippen molar-refractivity contribution in [1.29, 1.82) is 5.26 Å². The van der Waals surface area contributed by atoms with Gasteiger partial charge in [-0.2, -0.15) is 5.26 Å². The SMILES string of the molecule is COc1cccc(C(=O)COc2ccc(C#N)c(Cl)c2)c1. The number of nitriles is 1. The van der Waals surface area contributed by atoms with E-state index in [-0.39, 0.29) is 12.4 Å². The van der Waals surface area contributed by atoms with Gasteiger partial charge in [0.15, 0.2) is 12.4 Å². The summed E-state index contributed by atoms with van der Waals surface area (Å²) in [4.78, 5) is 12.0. The number of ketones is 1. The lowest BCUT2D eigenvalue weighted by Gasteiger charge is -2.07. The van der Waals surface area contributed by atoms with Gasteiger partial charge >= 0.3 is 0 Å². The van der Waals surface area contributed by atoms with Gasteiger partial charge in [0, 0.05) is 11.6 Å². The van der Waals surface area contributed by atoms with E-state index in [1.54, 1.807) is 43.5 Å². The van der Waals surface area contributed by atoms with E-state index >= 15 is 0 Å². The summed E-state index contributed by atoms with van der Waals surface area (Å²) in [6.07, 6.45) is 0. The molecule has 0 spiro atoms. The molecule has 0 aliphatic rings. The number of halogens is 1. The first-order chi connectivity index (χ1) is 10.1. The fourth-order valence-electron chi connectivity index (χ4n) is 1.71. The normalized spacial score (nSPS) is 9.76. The predicted octanol–water partition coefficient (Wildman–Crippen LogP) is 3.48. The smallest absolute Gasteiger partial charge is 0.200 e. The van der Waals surface area contributed by atoms with Crippen LogP contribution < -0.4 is 9.47 Å². The van der Waals surface area contributed by atoms with E-state index in [0.29, 0.717) is 27.6 Å². The van der Waals surface area contributed by atoms with Crippen LogP contribution in [0.3, 0.4) is 0 Å². The molecule has 0 atom stereocenters. The zero-order chi connectivity index (χ0) is 15.2. The number of ether oxygens (including phenoxy) is 2. The summed E-state index contributed by atoms with van der Waals surface area (Å²) in [5.41, 5.74) is 0.872. The quantitative estimate of drug-likeness (QED) is 0.793. The molecule has 0 saturated carbocycles. The molecule has 0 radical (unpaired) electrons. The monoisotopic (exact) mass is 301 g/mol. The maximum Gasteiger partial charge on any atom is 0.200 e. The molecular weight excluding hydrogens is 290 g/mol. The topological polar surface area (TPSA) is 59.3 Å². The standard InChI is InChI=1S/C16H12ClNO3/c1-20-13-4-2-3-11(7-13)16(19)10-21-14-6-5-12(9-18)15(17)8-14/h2-8H,10H2,1H3. The fourth-order valence-corrected chi connectivity index (χ4v) is 1.92. The number of methoxy groups -OCH3 is 1. The average molecular weight is 302 g/mol. The molecule has 0 N–H and O–H groups in total. The van der Waals surface area contributed by atoms with Gasteiger partial charge in [0.2, 0.25) is 0 Å². The minimum atomic E-state index is -0.172. The van der Waals surface area contributed by atoms with Crippen molar-refractivity contribution < 1.29 is 14.3 Å². The van der Waals surface area contributed by atoms with Gasteiger partial charge < -0.3 is 9.47 Å². The summed E-state index contributed by atoms with van der Waals surface area (Å²) in [7, 11) is 1.54. The van der Waals surface area contributed by atoms with Gasteiger partial charge in [-0.15, -0.1) is 0 Å². The Bertz CT molecular complexity index is 707. The zero-order valence-corrected chi connectivity index (χ0v) is 12.1. The molecule has 106 valence electrons. The lowest BCUT2D eigenvalue weighted by Crippen LogP contribution is -2.11. The summed E-state index contributed by atoms with van der Waals surface area (Å²) in [5, 5.41) is 9.08. The molecule has 2 aromatic rings. The first-order valence-corrected chi connectivity index (χ1v) is 6.51. The van der Waals surface area contributed by atoms with Gasteiger partial charge in [-0.25, -0.2) is 0 Å². The lowest BCUT2D eigenvalue weighted by atomic mass is 10.1. The summed E-state index contributed by atoms with van der Waals surface area (Å²) in [5.74, 6) is 0.881. The minimum absolute atomic E-state index is 0.116. The summed E-state index contributed by atoms with van der Waals surface area (Å²) in [6, 6.07) is 13.5. The van der Waals surface area contributed by atoms with Crippen LogP contribution in [-0.2, 0) is 0 Å². The molecule has 5 heteroatoms. The number of hydrogen-bond acceptors (Lipinski definition) is 4. The Balaban J connectivity index is 2.04. The van der Waals surface area contributed by atoms with Crippen LogP contribution in [-0.4, -0.2) is 19.5 Å². The van der Waals surface area contributed by atoms with Crippen molar-refractivity contribution >= 4 is 17.4 Å². The Morgan fingerprint density at radius 3 is 2.71 bits per heavy atom. The molecule has 4 nitrogen and oxygen atoms in total. The van der Waals surface area contributed by atoms with E-state index in [9.17, 15) is 4.79 Å². The second kappa shape index (κ2) is 6.78. The third-order valence-corrected chi connectivity index (χ3v) is 3.14. The molecule has 0 fully saturated rings. The van der Waals surface area contributed by atoms with Crippen LogP contribution in [0.4, 0.5) is 0 Å². The van der Waals surface area contributed by atoms with Crippen molar-refractivity contribution in [3.63, 3.8) is 0 Å². The highest BCUT2D eigenvalue weighted by Gasteiger charge is 2.09. The maximum absolute atomic E-state index is 12.0. The molecule has 0 amide bonds. The van der Waals surface area contributed by atoms with Crippen LogP contribution in [0.5, 0.6) is 11.5 Å². The van der Waals surface area contributed by atoms with Crippen LogP contribution in [0.15, 0.2) is 42.5 Å². The van der Waals surface area contributed by atoms with Gasteiger partial charge in [-0.3, -0.25) is 4.79 Å². The third kappa shape index (κ3) is 3.74. The highest BCUT2D eigenvalue weighted by Crippen LogP contribution is 2.22. The number of hydrogen-bond donors (Lipinski definition) is 0. The van der Waals surface area contributed by atoms with E-state index in [2.05, 4.69) is 0 Å². The van der Waals surface area contributed by atoms with E-state index in [1.807, 2.05) is 6.07 Å². The summed E-state index contributed by atoms with van der Waals surface area (Å²) in [6.45, 7) is -0.116. The molecule has 2 aromatic carbocycles. The van der Waals surface area contributed by atoms with E-state index in [1.165, 1.54) is 6.07 Å². The van der Waals surface area contributed by atoms with Crippen molar-refractivity contribution in [3.8, 4) is 17.6 Å². The van der Waals surface area contributed by atoms with Crippen LogP contribution in [0.1, 0.15) is 15.9 Å². The molecule has 0 unspecified atom stereocenters. The van der Waals surface area contributed by atoms with Crippen LogP contribution in [0, 0.1) is 11.3 Å². The summed E-state index contributed by atoms with van der Waals surface area (Å²) < 4.78 is 10.5. The second-order valence-electron chi connectivity index (χ2n) is 4.20. The molecule has 0 saturated heterocycles. The Morgan fingerprint density at radius 1 is 1.24 bits per heavy atom. The van der Waals surface area contributed by atoms with Crippen LogP contribution in [0.2, 0.25) is 5.02 Å². The number of Topliss-reactive ketones (excluding diaryl/α,β-unsaturated/α-hetero) is 1. The van der Waals surface area contributed by atoms with Crippen molar-refractivity contribution in [3.05, 3.63) is 58.6 Å². The highest BCUT2D eigenvalue weighted by molar-refractivity contribution is 6.31. The third-order valence-electron chi connectivity index (χ3n) is 2.82. The molecule has 0 heterocycles. The average Bonchev–Trinajstić information content (AvgIpc) is 2.52. The fraction of sp³-hybridized carbons (Fsp3) is 0.125. The number of nitrogens with zero attached hydrogens (tertiary/aromatic N) is 1.